The molecule has 0 aliphatic heterocycles. The Kier molecular flexibility index (Phi) is 4.31. The summed E-state index contributed by atoms with van der Waals surface area (Å²) in [5.74, 6) is 0.450. The van der Waals surface area contributed by atoms with Gasteiger partial charge >= 0.3 is 5.63 Å². The van der Waals surface area contributed by atoms with E-state index in [9.17, 15) is 4.79 Å². The van der Waals surface area contributed by atoms with Crippen molar-refractivity contribution in [1.82, 2.24) is 14.4 Å². The maximum atomic E-state index is 12.2. The van der Waals surface area contributed by atoms with Gasteiger partial charge < -0.3 is 8.82 Å². The lowest BCUT2D eigenvalue weighted by Gasteiger charge is -2.00. The monoisotopic (exact) mass is 449 g/mol. The second-order valence-corrected chi connectivity index (χ2v) is 6.37. The van der Waals surface area contributed by atoms with Crippen molar-refractivity contribution >= 4 is 49.3 Å². The minimum absolute atomic E-state index is 0. The summed E-state index contributed by atoms with van der Waals surface area (Å²) in [6.45, 7) is 3.84. The second-order valence-electron chi connectivity index (χ2n) is 5.45. The Morgan fingerprint density at radius 3 is 2.71 bits per heavy atom. The Balaban J connectivity index is 0.00000169. The molecule has 0 N–H and O–H groups in total. The predicted octanol–water partition coefficient (Wildman–Crippen LogP) is 4.46. The molecule has 5 nitrogen and oxygen atoms in total. The van der Waals surface area contributed by atoms with Gasteiger partial charge in [-0.2, -0.15) is 0 Å². The summed E-state index contributed by atoms with van der Waals surface area (Å²) in [7, 11) is 0. The van der Waals surface area contributed by atoms with E-state index in [1.165, 1.54) is 0 Å². The van der Waals surface area contributed by atoms with Crippen LogP contribution in [0.1, 0.15) is 11.4 Å². The summed E-state index contributed by atoms with van der Waals surface area (Å²) < 4.78 is 8.20. The first-order valence-corrected chi connectivity index (χ1v) is 7.87. The van der Waals surface area contributed by atoms with Gasteiger partial charge in [-0.25, -0.2) is 9.78 Å². The molecule has 1 aromatic carbocycles. The van der Waals surface area contributed by atoms with Crippen molar-refractivity contribution in [3.05, 3.63) is 62.9 Å². The van der Waals surface area contributed by atoms with E-state index >= 15 is 0 Å². The van der Waals surface area contributed by atoms with Crippen LogP contribution in [-0.2, 0) is 0 Å². The molecule has 0 bridgehead atoms. The van der Waals surface area contributed by atoms with E-state index in [4.69, 9.17) is 4.42 Å². The van der Waals surface area contributed by atoms with Crippen LogP contribution in [0.4, 0.5) is 0 Å². The highest BCUT2D eigenvalue weighted by Gasteiger charge is 2.12. The van der Waals surface area contributed by atoms with Crippen molar-refractivity contribution in [1.29, 1.82) is 0 Å². The Bertz CT molecular complexity index is 1130. The fraction of sp³-hybridized carbons (Fsp3) is 0.118. The lowest BCUT2D eigenvalue weighted by molar-refractivity contribution is 0.533. The van der Waals surface area contributed by atoms with Crippen molar-refractivity contribution in [3.63, 3.8) is 0 Å². The fourth-order valence-corrected chi connectivity index (χ4v) is 3.07. The summed E-state index contributed by atoms with van der Waals surface area (Å²) in [4.78, 5) is 21.2. The third-order valence-electron chi connectivity index (χ3n) is 3.70. The maximum absolute atomic E-state index is 12.2. The first kappa shape index (κ1) is 16.9. The molecule has 3 heterocycles. The van der Waals surface area contributed by atoms with Crippen molar-refractivity contribution in [2.24, 2.45) is 0 Å². The standard InChI is InChI=1S/C17H12BrN3O2.BrH/c1-9-7-21-8-14(20-16(21)10(2)19-9)15-5-11-3-4-12(18)6-13(11)17(22)23-15;/h3-8H,1-2H3;1H. The summed E-state index contributed by atoms with van der Waals surface area (Å²) in [5, 5.41) is 1.36. The van der Waals surface area contributed by atoms with Gasteiger partial charge in [0, 0.05) is 16.9 Å². The van der Waals surface area contributed by atoms with Gasteiger partial charge in [-0.15, -0.1) is 17.0 Å². The smallest absolute Gasteiger partial charge is 0.344 e. The summed E-state index contributed by atoms with van der Waals surface area (Å²) >= 11 is 3.36. The molecule has 4 aromatic rings. The van der Waals surface area contributed by atoms with Crippen LogP contribution in [-0.4, -0.2) is 14.4 Å². The van der Waals surface area contributed by atoms with Crippen LogP contribution in [0.3, 0.4) is 0 Å². The Morgan fingerprint density at radius 1 is 1.12 bits per heavy atom. The van der Waals surface area contributed by atoms with Crippen LogP contribution in [0.15, 0.2) is 50.3 Å². The number of aryl methyl sites for hydroxylation is 2. The molecule has 0 spiro atoms. The minimum Gasteiger partial charge on any atom is -0.421 e. The lowest BCUT2D eigenvalue weighted by atomic mass is 10.1. The minimum atomic E-state index is -0.373. The van der Waals surface area contributed by atoms with Crippen LogP contribution in [0, 0.1) is 13.8 Å². The number of fused-ring (bicyclic) bond motifs is 2. The Labute approximate surface area is 156 Å². The molecule has 0 amide bonds. The average Bonchev–Trinajstić information content (AvgIpc) is 2.92. The van der Waals surface area contributed by atoms with Crippen molar-refractivity contribution in [2.75, 3.05) is 0 Å². The molecular weight excluding hydrogens is 438 g/mol. The molecule has 0 aliphatic rings. The van der Waals surface area contributed by atoms with E-state index in [-0.39, 0.29) is 22.6 Å². The average molecular weight is 451 g/mol. The zero-order valence-corrected chi connectivity index (χ0v) is 16.2. The third kappa shape index (κ3) is 2.78. The first-order valence-electron chi connectivity index (χ1n) is 7.08. The molecule has 3 aromatic heterocycles. The van der Waals surface area contributed by atoms with E-state index in [0.29, 0.717) is 16.8 Å². The molecule has 7 heteroatoms. The molecule has 122 valence electrons. The van der Waals surface area contributed by atoms with Crippen LogP contribution in [0.2, 0.25) is 0 Å². The van der Waals surface area contributed by atoms with E-state index in [1.54, 1.807) is 6.07 Å². The predicted molar refractivity (Wildman–Crippen MR) is 102 cm³/mol. The van der Waals surface area contributed by atoms with Crippen LogP contribution >= 0.6 is 32.9 Å². The topological polar surface area (TPSA) is 60.4 Å². The number of imidazole rings is 1. The highest BCUT2D eigenvalue weighted by Crippen LogP contribution is 2.24. The number of hydrogen-bond donors (Lipinski definition) is 0. The molecular formula is C17H13Br2N3O2. The van der Waals surface area contributed by atoms with Gasteiger partial charge in [0.25, 0.3) is 0 Å². The fourth-order valence-electron chi connectivity index (χ4n) is 2.71. The SMILES string of the molecule is Br.Cc1cn2cc(-c3cc4ccc(Br)cc4c(=O)o3)nc2c(C)n1. The van der Waals surface area contributed by atoms with Crippen LogP contribution in [0.5, 0.6) is 0 Å². The summed E-state index contributed by atoms with van der Waals surface area (Å²) in [6, 6.07) is 7.37. The number of benzene rings is 1. The lowest BCUT2D eigenvalue weighted by Crippen LogP contribution is -2.00. The van der Waals surface area contributed by atoms with Gasteiger partial charge in [-0.05, 0) is 37.4 Å². The number of halogens is 2. The number of hydrogen-bond acceptors (Lipinski definition) is 4. The van der Waals surface area contributed by atoms with Gasteiger partial charge in [0.05, 0.1) is 16.8 Å². The Hall–Kier alpha value is -1.99. The van der Waals surface area contributed by atoms with Crippen molar-refractivity contribution in [3.8, 4) is 11.5 Å². The van der Waals surface area contributed by atoms with E-state index in [1.807, 2.05) is 48.8 Å². The molecule has 24 heavy (non-hydrogen) atoms. The van der Waals surface area contributed by atoms with E-state index in [2.05, 4.69) is 25.9 Å². The molecule has 0 unspecified atom stereocenters. The zero-order chi connectivity index (χ0) is 16.1. The van der Waals surface area contributed by atoms with Gasteiger partial charge in [0.1, 0.15) is 5.69 Å². The van der Waals surface area contributed by atoms with E-state index in [0.717, 1.165) is 26.9 Å². The second kappa shape index (κ2) is 6.14. The van der Waals surface area contributed by atoms with Gasteiger partial charge in [0.15, 0.2) is 11.4 Å². The number of nitrogens with zero attached hydrogens (tertiary/aromatic N) is 3. The molecule has 4 rings (SSSR count). The van der Waals surface area contributed by atoms with Gasteiger partial charge in [-0.3, -0.25) is 4.98 Å². The third-order valence-corrected chi connectivity index (χ3v) is 4.20. The summed E-state index contributed by atoms with van der Waals surface area (Å²) in [6.07, 6.45) is 3.75. The van der Waals surface area contributed by atoms with Crippen LogP contribution < -0.4 is 5.63 Å². The number of rotatable bonds is 1. The quantitative estimate of drug-likeness (QED) is 0.429. The molecule has 0 saturated heterocycles. The molecule has 0 saturated carbocycles. The first-order chi connectivity index (χ1) is 11.0. The van der Waals surface area contributed by atoms with Gasteiger partial charge in [0.2, 0.25) is 0 Å². The highest BCUT2D eigenvalue weighted by atomic mass is 79.9. The van der Waals surface area contributed by atoms with Crippen LogP contribution in [0.25, 0.3) is 27.9 Å². The highest BCUT2D eigenvalue weighted by molar-refractivity contribution is 9.10. The Morgan fingerprint density at radius 2 is 1.92 bits per heavy atom. The summed E-state index contributed by atoms with van der Waals surface area (Å²) in [5.41, 5.74) is 2.74. The molecule has 0 fully saturated rings. The largest absolute Gasteiger partial charge is 0.421 e. The molecule has 0 aliphatic carbocycles. The van der Waals surface area contributed by atoms with Crippen molar-refractivity contribution < 1.29 is 4.42 Å². The number of aromatic nitrogens is 3. The molecule has 0 atom stereocenters. The molecule has 0 radical (unpaired) electrons. The van der Waals surface area contributed by atoms with E-state index < -0.39 is 0 Å². The maximum Gasteiger partial charge on any atom is 0.344 e. The van der Waals surface area contributed by atoms with Crippen molar-refractivity contribution in [2.45, 2.75) is 13.8 Å². The zero-order valence-electron chi connectivity index (χ0n) is 12.9. The van der Waals surface area contributed by atoms with Gasteiger partial charge in [-0.1, -0.05) is 22.0 Å². The normalized spacial score (nSPS) is 11.0.